The van der Waals surface area contributed by atoms with Gasteiger partial charge in [0.1, 0.15) is 17.3 Å². The van der Waals surface area contributed by atoms with Crippen molar-refractivity contribution in [1.29, 1.82) is 0 Å². The van der Waals surface area contributed by atoms with Crippen molar-refractivity contribution in [3.8, 4) is 0 Å². The average Bonchev–Trinajstić information content (AvgIpc) is 2.99. The predicted octanol–water partition coefficient (Wildman–Crippen LogP) is 4.15. The first-order valence-corrected chi connectivity index (χ1v) is 8.38. The zero-order valence-corrected chi connectivity index (χ0v) is 14.4. The van der Waals surface area contributed by atoms with Crippen molar-refractivity contribution < 1.29 is 26.7 Å². The van der Waals surface area contributed by atoms with Gasteiger partial charge in [-0.25, -0.2) is 8.78 Å². The van der Waals surface area contributed by atoms with Crippen molar-refractivity contribution in [2.24, 2.45) is 0 Å². The average molecular weight is 402 g/mol. The molecule has 0 radical (unpaired) electrons. The van der Waals surface area contributed by atoms with E-state index in [1.165, 1.54) is 6.92 Å². The van der Waals surface area contributed by atoms with Gasteiger partial charge in [-0.1, -0.05) is 17.8 Å². The van der Waals surface area contributed by atoms with Crippen molar-refractivity contribution in [3.63, 3.8) is 0 Å². The van der Waals surface area contributed by atoms with Gasteiger partial charge in [-0.05, 0) is 31.2 Å². The fourth-order valence-electron chi connectivity index (χ4n) is 2.17. The molecule has 1 atom stereocenters. The number of pyridine rings is 1. The number of anilines is 1. The Labute approximate surface area is 153 Å². The minimum Gasteiger partial charge on any atom is -0.320 e. The van der Waals surface area contributed by atoms with Crippen LogP contribution in [0.3, 0.4) is 0 Å². The molecule has 0 saturated carbocycles. The Hall–Kier alpha value is -2.69. The standard InChI is InChI=1S/C16H11F5N4OS/c1-8(14(26)22-13-10(17)3-2-4-11(13)18)27-15-24-23-12-6-5-9(7-25(12)15)16(19,20)21/h2-8H,1H3,(H,22,26). The maximum atomic E-state index is 13.6. The van der Waals surface area contributed by atoms with Gasteiger partial charge in [-0.2, -0.15) is 13.2 Å². The highest BCUT2D eigenvalue weighted by Crippen LogP contribution is 2.31. The van der Waals surface area contributed by atoms with Gasteiger partial charge in [0.2, 0.25) is 5.91 Å². The number of hydrogen-bond donors (Lipinski definition) is 1. The van der Waals surface area contributed by atoms with Gasteiger partial charge in [-0.3, -0.25) is 9.20 Å². The fraction of sp³-hybridized carbons (Fsp3) is 0.188. The van der Waals surface area contributed by atoms with Gasteiger partial charge in [0, 0.05) is 6.20 Å². The van der Waals surface area contributed by atoms with Crippen LogP contribution < -0.4 is 5.32 Å². The molecule has 2 aromatic heterocycles. The summed E-state index contributed by atoms with van der Waals surface area (Å²) in [6, 6.07) is 5.15. The number of hydrogen-bond acceptors (Lipinski definition) is 4. The number of carbonyl (C=O) groups is 1. The molecule has 0 aliphatic rings. The van der Waals surface area contributed by atoms with E-state index < -0.39 is 40.2 Å². The monoisotopic (exact) mass is 402 g/mol. The van der Waals surface area contributed by atoms with Gasteiger partial charge >= 0.3 is 6.18 Å². The molecule has 1 aromatic carbocycles. The van der Waals surface area contributed by atoms with Crippen molar-refractivity contribution in [3.05, 3.63) is 53.7 Å². The number of fused-ring (bicyclic) bond motifs is 1. The lowest BCUT2D eigenvalue weighted by Gasteiger charge is -2.12. The van der Waals surface area contributed by atoms with Crippen molar-refractivity contribution in [2.45, 2.75) is 23.5 Å². The minimum atomic E-state index is -4.55. The van der Waals surface area contributed by atoms with Crippen LogP contribution in [0.5, 0.6) is 0 Å². The number of carbonyl (C=O) groups excluding carboxylic acids is 1. The van der Waals surface area contributed by atoms with E-state index in [0.717, 1.165) is 52.7 Å². The third-order valence-electron chi connectivity index (χ3n) is 3.56. The predicted molar refractivity (Wildman–Crippen MR) is 88.3 cm³/mol. The van der Waals surface area contributed by atoms with Crippen molar-refractivity contribution in [2.75, 3.05) is 5.32 Å². The van der Waals surface area contributed by atoms with Crippen LogP contribution >= 0.6 is 11.8 Å². The molecule has 1 N–H and O–H groups in total. The number of thioether (sulfide) groups is 1. The van der Waals surface area contributed by atoms with Gasteiger partial charge in [0.15, 0.2) is 10.8 Å². The zero-order chi connectivity index (χ0) is 19.8. The number of rotatable bonds is 4. The molecule has 0 fully saturated rings. The molecule has 2 heterocycles. The number of para-hydroxylation sites is 1. The number of nitrogens with one attached hydrogen (secondary N) is 1. The van der Waals surface area contributed by atoms with Crippen LogP contribution in [0, 0.1) is 11.6 Å². The zero-order valence-electron chi connectivity index (χ0n) is 13.6. The summed E-state index contributed by atoms with van der Waals surface area (Å²) in [5.74, 6) is -2.63. The summed E-state index contributed by atoms with van der Waals surface area (Å²) in [6.07, 6.45) is -3.73. The minimum absolute atomic E-state index is 0.0350. The molecule has 142 valence electrons. The number of amides is 1. The Morgan fingerprint density at radius 3 is 2.44 bits per heavy atom. The smallest absolute Gasteiger partial charge is 0.320 e. The summed E-state index contributed by atoms with van der Waals surface area (Å²) in [7, 11) is 0. The first kappa shape index (κ1) is 19.1. The highest BCUT2D eigenvalue weighted by Gasteiger charge is 2.31. The van der Waals surface area contributed by atoms with Gasteiger partial charge in [0.25, 0.3) is 0 Å². The van der Waals surface area contributed by atoms with E-state index in [9.17, 15) is 26.7 Å². The molecule has 0 aliphatic heterocycles. The molecular weight excluding hydrogens is 391 g/mol. The number of benzene rings is 1. The Morgan fingerprint density at radius 2 is 1.81 bits per heavy atom. The van der Waals surface area contributed by atoms with Crippen LogP contribution in [0.25, 0.3) is 5.65 Å². The molecule has 3 rings (SSSR count). The van der Waals surface area contributed by atoms with Crippen molar-refractivity contribution in [1.82, 2.24) is 14.6 Å². The lowest BCUT2D eigenvalue weighted by molar-refractivity contribution is -0.137. The summed E-state index contributed by atoms with van der Waals surface area (Å²) in [6.45, 7) is 1.42. The largest absolute Gasteiger partial charge is 0.417 e. The third-order valence-corrected chi connectivity index (χ3v) is 4.62. The Balaban J connectivity index is 1.81. The summed E-state index contributed by atoms with van der Waals surface area (Å²) < 4.78 is 66.9. The van der Waals surface area contributed by atoms with E-state index in [1.54, 1.807) is 0 Å². The topological polar surface area (TPSA) is 59.3 Å². The van der Waals surface area contributed by atoms with Crippen LogP contribution in [0.2, 0.25) is 0 Å². The van der Waals surface area contributed by atoms with Gasteiger partial charge in [0.05, 0.1) is 10.8 Å². The second-order valence-corrected chi connectivity index (χ2v) is 6.78. The molecule has 1 amide bonds. The molecule has 0 spiro atoms. The summed E-state index contributed by atoms with van der Waals surface area (Å²) in [5.41, 5.74) is -1.33. The maximum Gasteiger partial charge on any atom is 0.417 e. The van der Waals surface area contributed by atoms with Gasteiger partial charge < -0.3 is 5.32 Å². The second-order valence-electron chi connectivity index (χ2n) is 5.47. The molecular formula is C16H11F5N4OS. The number of alkyl halides is 3. The highest BCUT2D eigenvalue weighted by atomic mass is 32.2. The molecule has 3 aromatic rings. The fourth-order valence-corrected chi connectivity index (χ4v) is 3.00. The molecule has 0 saturated heterocycles. The third kappa shape index (κ3) is 4.02. The molecule has 1 unspecified atom stereocenters. The van der Waals surface area contributed by atoms with E-state index in [2.05, 4.69) is 15.5 Å². The van der Waals surface area contributed by atoms with E-state index >= 15 is 0 Å². The second kappa shape index (κ2) is 7.14. The summed E-state index contributed by atoms with van der Waals surface area (Å²) >= 11 is 0.803. The number of aromatic nitrogens is 3. The quantitative estimate of drug-likeness (QED) is 0.526. The SMILES string of the molecule is CC(Sc1nnc2ccc(C(F)(F)F)cn12)C(=O)Nc1c(F)cccc1F. The molecule has 11 heteroatoms. The van der Waals surface area contributed by atoms with E-state index in [-0.39, 0.29) is 10.8 Å². The van der Waals surface area contributed by atoms with Crippen LogP contribution in [-0.2, 0) is 11.0 Å². The molecule has 0 aliphatic carbocycles. The van der Waals surface area contributed by atoms with Crippen LogP contribution in [-0.4, -0.2) is 25.8 Å². The molecule has 27 heavy (non-hydrogen) atoms. The van der Waals surface area contributed by atoms with E-state index in [4.69, 9.17) is 0 Å². The molecule has 0 bridgehead atoms. The lowest BCUT2D eigenvalue weighted by Crippen LogP contribution is -2.24. The Kier molecular flexibility index (Phi) is 5.05. The number of nitrogens with zero attached hydrogens (tertiary/aromatic N) is 3. The highest BCUT2D eigenvalue weighted by molar-refractivity contribution is 8.00. The maximum absolute atomic E-state index is 13.6. The first-order valence-electron chi connectivity index (χ1n) is 7.50. The normalized spacial score (nSPS) is 13.0. The van der Waals surface area contributed by atoms with Crippen molar-refractivity contribution >= 4 is 29.0 Å². The van der Waals surface area contributed by atoms with E-state index in [1.807, 2.05) is 0 Å². The Morgan fingerprint density at radius 1 is 1.15 bits per heavy atom. The lowest BCUT2D eigenvalue weighted by atomic mass is 10.3. The van der Waals surface area contributed by atoms with E-state index in [0.29, 0.717) is 0 Å². The van der Waals surface area contributed by atoms with Crippen LogP contribution in [0.4, 0.5) is 27.6 Å². The first-order chi connectivity index (χ1) is 12.7. The summed E-state index contributed by atoms with van der Waals surface area (Å²) in [5, 5.41) is 8.75. The Bertz CT molecular complexity index is 984. The number of halogens is 5. The van der Waals surface area contributed by atoms with Crippen LogP contribution in [0.1, 0.15) is 12.5 Å². The molecule has 5 nitrogen and oxygen atoms in total. The van der Waals surface area contributed by atoms with Gasteiger partial charge in [-0.15, -0.1) is 10.2 Å². The summed E-state index contributed by atoms with van der Waals surface area (Å²) in [4.78, 5) is 12.2. The van der Waals surface area contributed by atoms with Crippen LogP contribution in [0.15, 0.2) is 41.7 Å².